The minimum absolute atomic E-state index is 0.0931. The summed E-state index contributed by atoms with van der Waals surface area (Å²) in [6, 6.07) is 8.43. The van der Waals surface area contributed by atoms with Gasteiger partial charge in [-0.25, -0.2) is 0 Å². The molecule has 7 heteroatoms. The van der Waals surface area contributed by atoms with Crippen molar-refractivity contribution in [3.8, 4) is 5.75 Å². The molecular weight excluding hydrogens is 412 g/mol. The van der Waals surface area contributed by atoms with Gasteiger partial charge in [0.05, 0.1) is 18.4 Å². The van der Waals surface area contributed by atoms with Gasteiger partial charge in [-0.2, -0.15) is 0 Å². The Kier molecular flexibility index (Phi) is 7.08. The van der Waals surface area contributed by atoms with E-state index in [1.165, 1.54) is 0 Å². The summed E-state index contributed by atoms with van der Waals surface area (Å²) < 4.78 is 13.8. The van der Waals surface area contributed by atoms with Gasteiger partial charge in [0.15, 0.2) is 0 Å². The second kappa shape index (κ2) is 8.88. The Balaban J connectivity index is 2.22. The Morgan fingerprint density at radius 2 is 2.00 bits per heavy atom. The zero-order valence-corrected chi connectivity index (χ0v) is 18.7. The van der Waals surface area contributed by atoms with Crippen molar-refractivity contribution in [2.24, 2.45) is 7.05 Å². The quantitative estimate of drug-likeness (QED) is 0.339. The molecule has 0 aliphatic rings. The molecule has 142 valence electrons. The molecule has 5 nitrogen and oxygen atoms in total. The molecule has 0 saturated heterocycles. The number of hydrogen-bond acceptors (Lipinski definition) is 3. The van der Waals surface area contributed by atoms with Crippen LogP contribution in [0.4, 0.5) is 5.69 Å². The van der Waals surface area contributed by atoms with Crippen LogP contribution in [0.2, 0.25) is 25.7 Å². The predicted molar refractivity (Wildman–Crippen MR) is 112 cm³/mol. The number of aromatic nitrogens is 1. The third kappa shape index (κ3) is 5.72. The first kappa shape index (κ1) is 20.7. The smallest absolute Gasteiger partial charge is 0.261 e. The van der Waals surface area contributed by atoms with Gasteiger partial charge in [-0.05, 0) is 46.2 Å². The first-order chi connectivity index (χ1) is 12.2. The van der Waals surface area contributed by atoms with Crippen molar-refractivity contribution >= 4 is 35.6 Å². The molecule has 0 bridgehead atoms. The third-order valence-corrected chi connectivity index (χ3v) is 6.33. The molecule has 2 rings (SSSR count). The van der Waals surface area contributed by atoms with Gasteiger partial charge < -0.3 is 14.0 Å². The molecule has 0 spiro atoms. The summed E-state index contributed by atoms with van der Waals surface area (Å²) in [5.74, 6) is 0.636. The maximum Gasteiger partial charge on any atom is 0.261 e. The summed E-state index contributed by atoms with van der Waals surface area (Å²) >= 11 is 3.55. The number of aryl methyl sites for hydroxylation is 1. The standard InChI is InChI=1S/C19H27BrN2O3Si/c1-21-9-8-15(13-21)19(23)22(14-25-10-11-26(3,4)5)18-7-6-16(24-2)12-17(18)20/h6-9,12-13H,10-11,14H2,1-5H3. The fraction of sp³-hybridized carbons (Fsp3) is 0.421. The van der Waals surface area contributed by atoms with Crippen LogP contribution in [0.5, 0.6) is 5.75 Å². The van der Waals surface area contributed by atoms with Gasteiger partial charge in [-0.3, -0.25) is 9.69 Å². The number of carbonyl (C=O) groups excluding carboxylic acids is 1. The van der Waals surface area contributed by atoms with E-state index in [2.05, 4.69) is 35.6 Å². The van der Waals surface area contributed by atoms with E-state index in [9.17, 15) is 4.79 Å². The van der Waals surface area contributed by atoms with Crippen molar-refractivity contribution < 1.29 is 14.3 Å². The molecule has 0 atom stereocenters. The fourth-order valence-corrected chi connectivity index (χ4v) is 3.72. The Hall–Kier alpha value is -1.57. The van der Waals surface area contributed by atoms with Crippen LogP contribution in [0.1, 0.15) is 10.4 Å². The number of benzene rings is 1. The number of ether oxygens (including phenoxy) is 2. The normalized spacial score (nSPS) is 11.5. The first-order valence-electron chi connectivity index (χ1n) is 8.56. The van der Waals surface area contributed by atoms with Crippen molar-refractivity contribution in [2.75, 3.05) is 25.3 Å². The number of amides is 1. The summed E-state index contributed by atoms with van der Waals surface area (Å²) in [5, 5.41) is 0. The summed E-state index contributed by atoms with van der Waals surface area (Å²) in [5.41, 5.74) is 1.39. The number of hydrogen-bond donors (Lipinski definition) is 0. The van der Waals surface area contributed by atoms with Gasteiger partial charge >= 0.3 is 0 Å². The summed E-state index contributed by atoms with van der Waals surface area (Å²) in [4.78, 5) is 14.7. The first-order valence-corrected chi connectivity index (χ1v) is 13.1. The molecule has 0 aliphatic carbocycles. The second-order valence-corrected chi connectivity index (χ2v) is 13.9. The zero-order chi connectivity index (χ0) is 19.3. The van der Waals surface area contributed by atoms with E-state index in [4.69, 9.17) is 9.47 Å². The molecule has 26 heavy (non-hydrogen) atoms. The molecule has 1 aromatic heterocycles. The number of anilines is 1. The summed E-state index contributed by atoms with van der Waals surface area (Å²) in [6.45, 7) is 7.79. The van der Waals surface area contributed by atoms with E-state index in [0.29, 0.717) is 12.2 Å². The van der Waals surface area contributed by atoms with Crippen LogP contribution in [0.3, 0.4) is 0 Å². The highest BCUT2D eigenvalue weighted by Crippen LogP contribution is 2.31. The molecule has 1 aromatic carbocycles. The zero-order valence-electron chi connectivity index (χ0n) is 16.1. The number of carbonyl (C=O) groups is 1. The van der Waals surface area contributed by atoms with Crippen molar-refractivity contribution in [1.29, 1.82) is 0 Å². The van der Waals surface area contributed by atoms with Crippen LogP contribution < -0.4 is 9.64 Å². The molecule has 1 amide bonds. The molecule has 0 fully saturated rings. The van der Waals surface area contributed by atoms with Crippen LogP contribution >= 0.6 is 15.9 Å². The highest BCUT2D eigenvalue weighted by atomic mass is 79.9. The van der Waals surface area contributed by atoms with Crippen LogP contribution in [-0.4, -0.2) is 39.0 Å². The molecular formula is C19H27BrN2O3Si. The highest BCUT2D eigenvalue weighted by Gasteiger charge is 2.22. The minimum atomic E-state index is -1.18. The van der Waals surface area contributed by atoms with Gasteiger partial charge in [-0.1, -0.05) is 19.6 Å². The van der Waals surface area contributed by atoms with E-state index < -0.39 is 8.07 Å². The van der Waals surface area contributed by atoms with E-state index in [0.717, 1.165) is 22.0 Å². The van der Waals surface area contributed by atoms with E-state index in [-0.39, 0.29) is 12.6 Å². The van der Waals surface area contributed by atoms with Gasteiger partial charge in [0.2, 0.25) is 0 Å². The minimum Gasteiger partial charge on any atom is -0.497 e. The molecule has 2 aromatic rings. The SMILES string of the molecule is COc1ccc(N(COCC[Si](C)(C)C)C(=O)c2ccn(C)c2)c(Br)c1. The maximum absolute atomic E-state index is 13.0. The third-order valence-electron chi connectivity index (χ3n) is 3.99. The van der Waals surface area contributed by atoms with Crippen molar-refractivity contribution in [1.82, 2.24) is 4.57 Å². The number of methoxy groups -OCH3 is 1. The Morgan fingerprint density at radius 3 is 2.54 bits per heavy atom. The van der Waals surface area contributed by atoms with E-state index in [1.54, 1.807) is 12.0 Å². The average molecular weight is 439 g/mol. The molecule has 0 radical (unpaired) electrons. The predicted octanol–water partition coefficient (Wildman–Crippen LogP) is 4.76. The molecule has 0 unspecified atom stereocenters. The van der Waals surface area contributed by atoms with Gasteiger partial charge in [0.1, 0.15) is 12.5 Å². The summed E-state index contributed by atoms with van der Waals surface area (Å²) in [6.07, 6.45) is 3.68. The second-order valence-electron chi connectivity index (χ2n) is 7.46. The van der Waals surface area contributed by atoms with Crippen LogP contribution in [0.25, 0.3) is 0 Å². The Labute approximate surface area is 165 Å². The molecule has 1 heterocycles. The summed E-state index contributed by atoms with van der Waals surface area (Å²) in [7, 11) is 2.34. The van der Waals surface area contributed by atoms with Gasteiger partial charge in [0.25, 0.3) is 5.91 Å². The van der Waals surface area contributed by atoms with Crippen LogP contribution in [0.15, 0.2) is 41.1 Å². The number of rotatable bonds is 8. The Morgan fingerprint density at radius 1 is 1.27 bits per heavy atom. The largest absolute Gasteiger partial charge is 0.497 e. The lowest BCUT2D eigenvalue weighted by Gasteiger charge is -2.25. The van der Waals surface area contributed by atoms with Crippen molar-refractivity contribution in [2.45, 2.75) is 25.7 Å². The van der Waals surface area contributed by atoms with Gasteiger partial charge in [0, 0.05) is 38.6 Å². The topological polar surface area (TPSA) is 43.7 Å². The van der Waals surface area contributed by atoms with E-state index >= 15 is 0 Å². The monoisotopic (exact) mass is 438 g/mol. The molecule has 0 saturated carbocycles. The van der Waals surface area contributed by atoms with Crippen LogP contribution in [0, 0.1) is 0 Å². The fourth-order valence-electron chi connectivity index (χ4n) is 2.39. The average Bonchev–Trinajstić information content (AvgIpc) is 3.00. The number of halogens is 1. The van der Waals surface area contributed by atoms with Crippen LogP contribution in [-0.2, 0) is 11.8 Å². The molecule has 0 aliphatic heterocycles. The highest BCUT2D eigenvalue weighted by molar-refractivity contribution is 9.10. The van der Waals surface area contributed by atoms with Gasteiger partial charge in [-0.15, -0.1) is 0 Å². The van der Waals surface area contributed by atoms with Crippen molar-refractivity contribution in [3.63, 3.8) is 0 Å². The maximum atomic E-state index is 13.0. The lowest BCUT2D eigenvalue weighted by Crippen LogP contribution is -2.34. The number of nitrogens with zero attached hydrogens (tertiary/aromatic N) is 2. The molecule has 0 N–H and O–H groups in total. The van der Waals surface area contributed by atoms with Crippen molar-refractivity contribution in [3.05, 3.63) is 46.7 Å². The Bertz CT molecular complexity index is 755. The lowest BCUT2D eigenvalue weighted by atomic mass is 10.2. The van der Waals surface area contributed by atoms with E-state index in [1.807, 2.05) is 48.3 Å². The lowest BCUT2D eigenvalue weighted by molar-refractivity contribution is 0.0900.